The first kappa shape index (κ1) is 16.5. The van der Waals surface area contributed by atoms with E-state index in [4.69, 9.17) is 4.74 Å². The summed E-state index contributed by atoms with van der Waals surface area (Å²) in [6.07, 6.45) is 9.30. The first-order chi connectivity index (χ1) is 11.3. The zero-order chi connectivity index (χ0) is 15.9. The predicted molar refractivity (Wildman–Crippen MR) is 92.3 cm³/mol. The summed E-state index contributed by atoms with van der Waals surface area (Å²) in [5.74, 6) is 0.819. The number of rotatable bonds is 8. The minimum atomic E-state index is 0.0241. The first-order valence-electron chi connectivity index (χ1n) is 9.01. The molecule has 126 valence electrons. The molecular weight excluding hydrogens is 288 g/mol. The van der Waals surface area contributed by atoms with Crippen LogP contribution in [0.15, 0.2) is 24.3 Å². The summed E-state index contributed by atoms with van der Waals surface area (Å²) >= 11 is 0. The van der Waals surface area contributed by atoms with E-state index >= 15 is 0 Å². The number of hydrogen-bond donors (Lipinski definition) is 2. The fraction of sp³-hybridized carbons (Fsp3) is 0.632. The zero-order valence-corrected chi connectivity index (χ0v) is 13.9. The number of carbonyl (C=O) groups excluding carboxylic acids is 1. The van der Waals surface area contributed by atoms with Crippen LogP contribution in [-0.4, -0.2) is 25.1 Å². The van der Waals surface area contributed by atoms with E-state index in [0.717, 1.165) is 23.7 Å². The topological polar surface area (TPSA) is 50.4 Å². The van der Waals surface area contributed by atoms with Crippen LogP contribution >= 0.6 is 0 Å². The second kappa shape index (κ2) is 8.46. The molecule has 0 heterocycles. The van der Waals surface area contributed by atoms with Gasteiger partial charge in [0.1, 0.15) is 0 Å². The third-order valence-corrected chi connectivity index (χ3v) is 4.66. The monoisotopic (exact) mass is 316 g/mol. The average Bonchev–Trinajstić information content (AvgIpc) is 3.39. The standard InChI is InChI=1S/C19H28N2O2/c22-19(13-20-12-15-9-10-15)21-17-6-4-5-16(11-17)14-23-18-7-2-1-3-8-18/h4-6,11,15,18,20H,1-3,7-10,12-14H2,(H,21,22). The number of anilines is 1. The van der Waals surface area contributed by atoms with Crippen molar-refractivity contribution in [3.05, 3.63) is 29.8 Å². The lowest BCUT2D eigenvalue weighted by Gasteiger charge is -2.22. The third kappa shape index (κ3) is 5.96. The molecule has 0 saturated heterocycles. The van der Waals surface area contributed by atoms with Gasteiger partial charge in [0.05, 0.1) is 19.3 Å². The van der Waals surface area contributed by atoms with Gasteiger partial charge in [0, 0.05) is 5.69 Å². The van der Waals surface area contributed by atoms with Gasteiger partial charge in [-0.1, -0.05) is 31.4 Å². The van der Waals surface area contributed by atoms with Gasteiger partial charge in [-0.3, -0.25) is 4.79 Å². The lowest BCUT2D eigenvalue weighted by Crippen LogP contribution is -2.29. The Morgan fingerprint density at radius 3 is 2.74 bits per heavy atom. The maximum Gasteiger partial charge on any atom is 0.238 e. The molecule has 2 N–H and O–H groups in total. The molecule has 3 rings (SSSR count). The van der Waals surface area contributed by atoms with Crippen molar-refractivity contribution >= 4 is 11.6 Å². The Kier molecular flexibility index (Phi) is 6.06. The molecule has 0 radical (unpaired) electrons. The SMILES string of the molecule is O=C(CNCC1CC1)Nc1cccc(COC2CCCCC2)c1. The van der Waals surface area contributed by atoms with Crippen LogP contribution in [0.25, 0.3) is 0 Å². The number of nitrogens with one attached hydrogen (secondary N) is 2. The van der Waals surface area contributed by atoms with Crippen molar-refractivity contribution in [2.75, 3.05) is 18.4 Å². The number of carbonyl (C=O) groups is 1. The van der Waals surface area contributed by atoms with E-state index in [9.17, 15) is 4.79 Å². The molecule has 4 nitrogen and oxygen atoms in total. The maximum absolute atomic E-state index is 11.9. The van der Waals surface area contributed by atoms with Gasteiger partial charge in [-0.15, -0.1) is 0 Å². The lowest BCUT2D eigenvalue weighted by atomic mass is 9.98. The van der Waals surface area contributed by atoms with E-state index < -0.39 is 0 Å². The molecule has 1 amide bonds. The van der Waals surface area contributed by atoms with E-state index in [1.54, 1.807) is 0 Å². The van der Waals surface area contributed by atoms with Crippen molar-refractivity contribution in [2.45, 2.75) is 57.7 Å². The van der Waals surface area contributed by atoms with Crippen molar-refractivity contribution in [3.63, 3.8) is 0 Å². The minimum absolute atomic E-state index is 0.0241. The summed E-state index contributed by atoms with van der Waals surface area (Å²) in [6.45, 7) is 1.98. The van der Waals surface area contributed by atoms with E-state index in [-0.39, 0.29) is 5.91 Å². The van der Waals surface area contributed by atoms with Gasteiger partial charge in [0.2, 0.25) is 5.91 Å². The van der Waals surface area contributed by atoms with Crippen molar-refractivity contribution in [1.29, 1.82) is 0 Å². The smallest absolute Gasteiger partial charge is 0.238 e. The van der Waals surface area contributed by atoms with E-state index in [1.807, 2.05) is 18.2 Å². The van der Waals surface area contributed by atoms with E-state index in [1.165, 1.54) is 44.9 Å². The average molecular weight is 316 g/mol. The fourth-order valence-corrected chi connectivity index (χ4v) is 3.10. The quantitative estimate of drug-likeness (QED) is 0.772. The molecule has 2 saturated carbocycles. The maximum atomic E-state index is 11.9. The summed E-state index contributed by atoms with van der Waals surface area (Å²) in [7, 11) is 0. The Balaban J connectivity index is 1.41. The largest absolute Gasteiger partial charge is 0.374 e. The summed E-state index contributed by atoms with van der Waals surface area (Å²) in [6, 6.07) is 7.99. The molecule has 0 aromatic heterocycles. The Morgan fingerprint density at radius 1 is 1.13 bits per heavy atom. The van der Waals surface area contributed by atoms with Gasteiger partial charge in [0.25, 0.3) is 0 Å². The molecule has 0 aliphatic heterocycles. The molecule has 2 aliphatic carbocycles. The van der Waals surface area contributed by atoms with Gasteiger partial charge in [0.15, 0.2) is 0 Å². The molecule has 0 spiro atoms. The van der Waals surface area contributed by atoms with Gasteiger partial charge < -0.3 is 15.4 Å². The van der Waals surface area contributed by atoms with Crippen molar-refractivity contribution in [3.8, 4) is 0 Å². The minimum Gasteiger partial charge on any atom is -0.374 e. The fourth-order valence-electron chi connectivity index (χ4n) is 3.10. The highest BCUT2D eigenvalue weighted by molar-refractivity contribution is 5.92. The highest BCUT2D eigenvalue weighted by Gasteiger charge is 2.20. The number of amides is 1. The molecule has 2 aliphatic rings. The summed E-state index contributed by atoms with van der Waals surface area (Å²) in [5.41, 5.74) is 1.98. The third-order valence-electron chi connectivity index (χ3n) is 4.66. The molecule has 0 unspecified atom stereocenters. The normalized spacial score (nSPS) is 18.8. The second-order valence-electron chi connectivity index (χ2n) is 6.89. The van der Waals surface area contributed by atoms with Crippen LogP contribution in [0.5, 0.6) is 0 Å². The van der Waals surface area contributed by atoms with Crippen LogP contribution in [0.3, 0.4) is 0 Å². The first-order valence-corrected chi connectivity index (χ1v) is 9.01. The van der Waals surface area contributed by atoms with Gasteiger partial charge in [-0.25, -0.2) is 0 Å². The van der Waals surface area contributed by atoms with E-state index in [0.29, 0.717) is 19.3 Å². The van der Waals surface area contributed by atoms with Crippen LogP contribution in [-0.2, 0) is 16.1 Å². The van der Waals surface area contributed by atoms with E-state index in [2.05, 4.69) is 16.7 Å². The Hall–Kier alpha value is -1.39. The summed E-state index contributed by atoms with van der Waals surface area (Å²) < 4.78 is 6.00. The van der Waals surface area contributed by atoms with Crippen LogP contribution in [0.1, 0.15) is 50.5 Å². The number of benzene rings is 1. The van der Waals surface area contributed by atoms with Crippen LogP contribution in [0.4, 0.5) is 5.69 Å². The predicted octanol–water partition coefficient (Wildman–Crippen LogP) is 3.47. The van der Waals surface area contributed by atoms with Gasteiger partial charge >= 0.3 is 0 Å². The van der Waals surface area contributed by atoms with Crippen LogP contribution in [0.2, 0.25) is 0 Å². The highest BCUT2D eigenvalue weighted by atomic mass is 16.5. The summed E-state index contributed by atoms with van der Waals surface area (Å²) in [5, 5.41) is 6.17. The van der Waals surface area contributed by atoms with Crippen LogP contribution in [0, 0.1) is 5.92 Å². The van der Waals surface area contributed by atoms with Gasteiger partial charge in [-0.05, 0) is 55.8 Å². The Morgan fingerprint density at radius 2 is 1.96 bits per heavy atom. The zero-order valence-electron chi connectivity index (χ0n) is 13.9. The number of ether oxygens (including phenoxy) is 1. The Labute approximate surface area is 139 Å². The molecular formula is C19H28N2O2. The van der Waals surface area contributed by atoms with Crippen molar-refractivity contribution in [1.82, 2.24) is 5.32 Å². The summed E-state index contributed by atoms with van der Waals surface area (Å²) in [4.78, 5) is 11.9. The lowest BCUT2D eigenvalue weighted by molar-refractivity contribution is -0.115. The highest BCUT2D eigenvalue weighted by Crippen LogP contribution is 2.27. The molecule has 0 bridgehead atoms. The molecule has 4 heteroatoms. The molecule has 2 fully saturated rings. The van der Waals surface area contributed by atoms with Crippen molar-refractivity contribution < 1.29 is 9.53 Å². The van der Waals surface area contributed by atoms with Crippen LogP contribution < -0.4 is 10.6 Å². The van der Waals surface area contributed by atoms with Crippen molar-refractivity contribution in [2.24, 2.45) is 5.92 Å². The second-order valence-corrected chi connectivity index (χ2v) is 6.89. The molecule has 23 heavy (non-hydrogen) atoms. The molecule has 1 aromatic carbocycles. The Bertz CT molecular complexity index is 508. The molecule has 0 atom stereocenters. The molecule has 1 aromatic rings. The van der Waals surface area contributed by atoms with Gasteiger partial charge in [-0.2, -0.15) is 0 Å². The number of hydrogen-bond acceptors (Lipinski definition) is 3.